The van der Waals surface area contributed by atoms with E-state index in [0.717, 1.165) is 25.9 Å². The molecule has 0 aliphatic carbocycles. The lowest BCUT2D eigenvalue weighted by Crippen LogP contribution is -2.16. The summed E-state index contributed by atoms with van der Waals surface area (Å²) < 4.78 is 10.5. The molecule has 0 bridgehead atoms. The lowest BCUT2D eigenvalue weighted by atomic mass is 10.3. The van der Waals surface area contributed by atoms with Crippen LogP contribution in [0.4, 0.5) is 0 Å². The Labute approximate surface area is 144 Å². The van der Waals surface area contributed by atoms with Crippen molar-refractivity contribution in [3.05, 3.63) is 24.3 Å². The lowest BCUT2D eigenvalue weighted by Gasteiger charge is -2.10. The third-order valence-electron chi connectivity index (χ3n) is 3.26. The molecule has 0 radical (unpaired) electrons. The molecule has 6 nitrogen and oxygen atoms in total. The van der Waals surface area contributed by atoms with E-state index in [-0.39, 0.29) is 11.9 Å². The summed E-state index contributed by atoms with van der Waals surface area (Å²) in [5, 5.41) is 0. The van der Waals surface area contributed by atoms with Gasteiger partial charge in [0.1, 0.15) is 11.5 Å². The Balaban J connectivity index is 2.34. The molecule has 0 unspecified atom stereocenters. The van der Waals surface area contributed by atoms with E-state index in [0.29, 0.717) is 24.3 Å². The standard InChI is InChI=1S/C18H28N2O4/c1-19(2)13-5-7-17(21)23-15-9-11-16(12-10-15)24-18(22)8-6-14-20(3)4/h9-12H,5-8,13-14H2,1-4H3. The van der Waals surface area contributed by atoms with Gasteiger partial charge in [-0.15, -0.1) is 0 Å². The Hall–Kier alpha value is -1.92. The van der Waals surface area contributed by atoms with Crippen molar-refractivity contribution in [3.8, 4) is 11.5 Å². The van der Waals surface area contributed by atoms with Gasteiger partial charge < -0.3 is 19.3 Å². The molecule has 0 saturated heterocycles. The van der Waals surface area contributed by atoms with Gasteiger partial charge in [0, 0.05) is 12.8 Å². The van der Waals surface area contributed by atoms with E-state index in [1.807, 2.05) is 38.0 Å². The van der Waals surface area contributed by atoms with E-state index in [1.165, 1.54) is 0 Å². The molecular formula is C18H28N2O4. The number of ether oxygens (including phenoxy) is 2. The van der Waals surface area contributed by atoms with Gasteiger partial charge in [0.15, 0.2) is 0 Å². The second kappa shape index (κ2) is 10.8. The first kappa shape index (κ1) is 20.1. The molecule has 0 fully saturated rings. The van der Waals surface area contributed by atoms with E-state index in [2.05, 4.69) is 0 Å². The largest absolute Gasteiger partial charge is 0.427 e. The monoisotopic (exact) mass is 336 g/mol. The molecule has 1 aromatic carbocycles. The Morgan fingerprint density at radius 1 is 0.750 bits per heavy atom. The number of rotatable bonds is 10. The van der Waals surface area contributed by atoms with Crippen molar-refractivity contribution in [1.82, 2.24) is 9.80 Å². The van der Waals surface area contributed by atoms with Crippen LogP contribution >= 0.6 is 0 Å². The number of esters is 2. The van der Waals surface area contributed by atoms with Crippen molar-refractivity contribution in [2.45, 2.75) is 25.7 Å². The highest BCUT2D eigenvalue weighted by Gasteiger charge is 2.08. The molecule has 0 aromatic heterocycles. The SMILES string of the molecule is CN(C)CCCC(=O)Oc1ccc(OC(=O)CCCN(C)C)cc1. The molecule has 1 rings (SSSR count). The maximum atomic E-state index is 11.7. The van der Waals surface area contributed by atoms with Crippen LogP contribution in [0.15, 0.2) is 24.3 Å². The van der Waals surface area contributed by atoms with Crippen molar-refractivity contribution in [2.75, 3.05) is 41.3 Å². The van der Waals surface area contributed by atoms with Gasteiger partial charge in [0.05, 0.1) is 0 Å². The van der Waals surface area contributed by atoms with Crippen molar-refractivity contribution in [2.24, 2.45) is 0 Å². The Morgan fingerprint density at radius 3 is 1.38 bits per heavy atom. The third kappa shape index (κ3) is 9.27. The summed E-state index contributed by atoms with van der Waals surface area (Å²) in [6, 6.07) is 6.52. The summed E-state index contributed by atoms with van der Waals surface area (Å²) >= 11 is 0. The van der Waals surface area contributed by atoms with E-state index < -0.39 is 0 Å². The minimum atomic E-state index is -0.259. The molecular weight excluding hydrogens is 308 g/mol. The number of nitrogens with zero attached hydrogens (tertiary/aromatic N) is 2. The number of carbonyl (C=O) groups is 2. The highest BCUT2D eigenvalue weighted by atomic mass is 16.5. The molecule has 0 heterocycles. The molecule has 0 aliphatic heterocycles. The quantitative estimate of drug-likeness (QED) is 0.482. The number of carbonyl (C=O) groups excluding carboxylic acids is 2. The average molecular weight is 336 g/mol. The average Bonchev–Trinajstić information content (AvgIpc) is 2.48. The van der Waals surface area contributed by atoms with Gasteiger partial charge >= 0.3 is 11.9 Å². The fraction of sp³-hybridized carbons (Fsp3) is 0.556. The highest BCUT2D eigenvalue weighted by molar-refractivity contribution is 5.73. The molecule has 24 heavy (non-hydrogen) atoms. The van der Waals surface area contributed by atoms with Crippen LogP contribution < -0.4 is 9.47 Å². The molecule has 0 N–H and O–H groups in total. The molecule has 0 amide bonds. The maximum absolute atomic E-state index is 11.7. The summed E-state index contributed by atoms with van der Waals surface area (Å²) in [6.07, 6.45) is 2.27. The first-order valence-electron chi connectivity index (χ1n) is 8.17. The predicted molar refractivity (Wildman–Crippen MR) is 93.3 cm³/mol. The molecule has 0 spiro atoms. The Morgan fingerprint density at radius 2 is 1.08 bits per heavy atom. The molecule has 0 atom stereocenters. The number of hydrogen-bond donors (Lipinski definition) is 0. The summed E-state index contributed by atoms with van der Waals surface area (Å²) in [7, 11) is 7.86. The smallest absolute Gasteiger partial charge is 0.311 e. The topological polar surface area (TPSA) is 59.1 Å². The third-order valence-corrected chi connectivity index (χ3v) is 3.26. The first-order chi connectivity index (χ1) is 11.4. The van der Waals surface area contributed by atoms with Crippen LogP contribution in [-0.2, 0) is 9.59 Å². The predicted octanol–water partition coefficient (Wildman–Crippen LogP) is 2.18. The van der Waals surface area contributed by atoms with Crippen LogP contribution in [0.1, 0.15) is 25.7 Å². The van der Waals surface area contributed by atoms with Crippen molar-refractivity contribution in [1.29, 1.82) is 0 Å². The normalized spacial score (nSPS) is 10.9. The minimum Gasteiger partial charge on any atom is -0.427 e. The fourth-order valence-corrected chi connectivity index (χ4v) is 2.02. The Bertz CT molecular complexity index is 465. The summed E-state index contributed by atoms with van der Waals surface area (Å²) in [5.41, 5.74) is 0. The first-order valence-corrected chi connectivity index (χ1v) is 8.17. The second-order valence-electron chi connectivity index (χ2n) is 6.23. The van der Waals surface area contributed by atoms with Crippen LogP contribution in [0.2, 0.25) is 0 Å². The summed E-state index contributed by atoms with van der Waals surface area (Å²) in [5.74, 6) is 0.394. The van der Waals surface area contributed by atoms with Gasteiger partial charge in [-0.05, 0) is 78.4 Å². The zero-order valence-corrected chi connectivity index (χ0v) is 15.1. The highest BCUT2D eigenvalue weighted by Crippen LogP contribution is 2.18. The van der Waals surface area contributed by atoms with E-state index in [4.69, 9.17) is 9.47 Å². The van der Waals surface area contributed by atoms with Gasteiger partial charge in [-0.2, -0.15) is 0 Å². The van der Waals surface area contributed by atoms with Crippen molar-refractivity contribution < 1.29 is 19.1 Å². The van der Waals surface area contributed by atoms with Crippen LogP contribution in [0.3, 0.4) is 0 Å². The summed E-state index contributed by atoms with van der Waals surface area (Å²) in [4.78, 5) is 27.4. The van der Waals surface area contributed by atoms with Crippen LogP contribution in [-0.4, -0.2) is 63.0 Å². The lowest BCUT2D eigenvalue weighted by molar-refractivity contribution is -0.135. The Kier molecular flexibility index (Phi) is 9.04. The molecule has 0 aliphatic rings. The molecule has 0 saturated carbocycles. The van der Waals surface area contributed by atoms with Gasteiger partial charge in [-0.3, -0.25) is 9.59 Å². The van der Waals surface area contributed by atoms with Gasteiger partial charge in [0.2, 0.25) is 0 Å². The molecule has 6 heteroatoms. The van der Waals surface area contributed by atoms with Gasteiger partial charge in [-0.1, -0.05) is 0 Å². The van der Waals surface area contributed by atoms with E-state index in [9.17, 15) is 9.59 Å². The van der Waals surface area contributed by atoms with E-state index in [1.54, 1.807) is 24.3 Å². The van der Waals surface area contributed by atoms with E-state index >= 15 is 0 Å². The number of hydrogen-bond acceptors (Lipinski definition) is 6. The zero-order valence-electron chi connectivity index (χ0n) is 15.1. The van der Waals surface area contributed by atoms with Crippen LogP contribution in [0.25, 0.3) is 0 Å². The van der Waals surface area contributed by atoms with Gasteiger partial charge in [-0.25, -0.2) is 0 Å². The maximum Gasteiger partial charge on any atom is 0.311 e. The fourth-order valence-electron chi connectivity index (χ4n) is 2.02. The van der Waals surface area contributed by atoms with Crippen LogP contribution in [0.5, 0.6) is 11.5 Å². The molecule has 1 aromatic rings. The summed E-state index contributed by atoms with van der Waals surface area (Å²) in [6.45, 7) is 1.69. The number of benzene rings is 1. The zero-order chi connectivity index (χ0) is 17.9. The van der Waals surface area contributed by atoms with Gasteiger partial charge in [0.25, 0.3) is 0 Å². The van der Waals surface area contributed by atoms with Crippen molar-refractivity contribution >= 4 is 11.9 Å². The van der Waals surface area contributed by atoms with Crippen molar-refractivity contribution in [3.63, 3.8) is 0 Å². The van der Waals surface area contributed by atoms with Crippen LogP contribution in [0, 0.1) is 0 Å². The minimum absolute atomic E-state index is 0.259. The second-order valence-corrected chi connectivity index (χ2v) is 6.23. The molecule has 134 valence electrons.